The van der Waals surface area contributed by atoms with Crippen molar-refractivity contribution in [2.75, 3.05) is 12.3 Å². The molecule has 5 heteroatoms. The summed E-state index contributed by atoms with van der Waals surface area (Å²) in [4.78, 5) is 12.4. The molecule has 120 valence electrons. The molecule has 3 rings (SSSR count). The lowest BCUT2D eigenvalue weighted by atomic mass is 10.0. The molecule has 0 saturated carbocycles. The van der Waals surface area contributed by atoms with Crippen molar-refractivity contribution < 1.29 is 4.79 Å². The summed E-state index contributed by atoms with van der Waals surface area (Å²) in [7, 11) is 0. The molecule has 0 radical (unpaired) electrons. The lowest BCUT2D eigenvalue weighted by Crippen LogP contribution is -2.40. The lowest BCUT2D eigenvalue weighted by Gasteiger charge is -2.16. The first-order valence-corrected chi connectivity index (χ1v) is 9.08. The predicted octanol–water partition coefficient (Wildman–Crippen LogP) is 3.63. The highest BCUT2D eigenvalue weighted by molar-refractivity contribution is 8.00. The van der Waals surface area contributed by atoms with Gasteiger partial charge in [0.2, 0.25) is 5.91 Å². The van der Waals surface area contributed by atoms with E-state index in [1.165, 1.54) is 0 Å². The van der Waals surface area contributed by atoms with Gasteiger partial charge in [0.25, 0.3) is 0 Å². The van der Waals surface area contributed by atoms with Crippen LogP contribution in [0.1, 0.15) is 17.2 Å². The van der Waals surface area contributed by atoms with E-state index >= 15 is 0 Å². The monoisotopic (exact) mass is 346 g/mol. The summed E-state index contributed by atoms with van der Waals surface area (Å²) in [6.45, 7) is 0.495. The van der Waals surface area contributed by atoms with Crippen LogP contribution in [0.5, 0.6) is 0 Å². The average molecular weight is 347 g/mol. The van der Waals surface area contributed by atoms with Crippen molar-refractivity contribution in [3.05, 3.63) is 59.1 Å². The number of hydrogen-bond acceptors (Lipinski definition) is 3. The summed E-state index contributed by atoms with van der Waals surface area (Å²) in [5.74, 6) is 0.992. The van der Waals surface area contributed by atoms with Crippen LogP contribution in [-0.4, -0.2) is 24.2 Å². The number of amides is 1. The van der Waals surface area contributed by atoms with Crippen molar-refractivity contribution in [1.29, 1.82) is 0 Å². The van der Waals surface area contributed by atoms with E-state index < -0.39 is 0 Å². The summed E-state index contributed by atoms with van der Waals surface area (Å²) >= 11 is 7.61. The van der Waals surface area contributed by atoms with Crippen molar-refractivity contribution in [3.8, 4) is 11.1 Å². The quantitative estimate of drug-likeness (QED) is 0.892. The van der Waals surface area contributed by atoms with Crippen molar-refractivity contribution >= 4 is 29.3 Å². The van der Waals surface area contributed by atoms with Gasteiger partial charge in [-0.2, -0.15) is 0 Å². The van der Waals surface area contributed by atoms with E-state index in [2.05, 4.69) is 17.4 Å². The van der Waals surface area contributed by atoms with E-state index in [0.29, 0.717) is 6.54 Å². The zero-order valence-electron chi connectivity index (χ0n) is 12.7. The number of thioether (sulfide) groups is 1. The highest BCUT2D eigenvalue weighted by Crippen LogP contribution is 2.33. The van der Waals surface area contributed by atoms with Gasteiger partial charge in [-0.3, -0.25) is 4.79 Å². The molecule has 0 aliphatic carbocycles. The Hall–Kier alpha value is -1.49. The molecule has 3 N–H and O–H groups in total. The van der Waals surface area contributed by atoms with Crippen LogP contribution < -0.4 is 11.1 Å². The van der Waals surface area contributed by atoms with Crippen LogP contribution in [0.3, 0.4) is 0 Å². The van der Waals surface area contributed by atoms with E-state index in [-0.39, 0.29) is 17.2 Å². The SMILES string of the molecule is NC[C@@H]1CCS[C@H](c2ccc(-c3ccc(Cl)cc3)cc2)C(=O)N1. The standard InChI is InChI=1S/C18H19ClN2OS/c19-15-7-5-13(6-8-15)12-1-3-14(4-2-12)17-18(22)21-16(11-20)9-10-23-17/h1-8,16-17H,9-11,20H2,(H,21,22)/t16-,17+/m0/s1. The molecule has 2 atom stereocenters. The van der Waals surface area contributed by atoms with E-state index in [0.717, 1.165) is 33.9 Å². The number of carbonyl (C=O) groups excluding carboxylic acids is 1. The summed E-state index contributed by atoms with van der Waals surface area (Å²) in [5.41, 5.74) is 8.94. The van der Waals surface area contributed by atoms with Crippen LogP contribution >= 0.6 is 23.4 Å². The molecule has 2 aromatic carbocycles. The van der Waals surface area contributed by atoms with Gasteiger partial charge < -0.3 is 11.1 Å². The molecule has 23 heavy (non-hydrogen) atoms. The Kier molecular flexibility index (Phi) is 5.26. The van der Waals surface area contributed by atoms with Crippen LogP contribution in [0.25, 0.3) is 11.1 Å². The number of nitrogens with one attached hydrogen (secondary N) is 1. The first kappa shape index (κ1) is 16.4. The number of rotatable bonds is 3. The second kappa shape index (κ2) is 7.39. The molecule has 2 aromatic rings. The maximum absolute atomic E-state index is 12.4. The molecule has 0 unspecified atom stereocenters. The Morgan fingerprint density at radius 3 is 2.30 bits per heavy atom. The molecule has 3 nitrogen and oxygen atoms in total. The Labute approximate surface area is 145 Å². The zero-order chi connectivity index (χ0) is 16.2. The van der Waals surface area contributed by atoms with Crippen LogP contribution in [-0.2, 0) is 4.79 Å². The third-order valence-electron chi connectivity index (χ3n) is 4.01. The van der Waals surface area contributed by atoms with Crippen LogP contribution in [0, 0.1) is 0 Å². The molecular weight excluding hydrogens is 328 g/mol. The van der Waals surface area contributed by atoms with Gasteiger partial charge >= 0.3 is 0 Å². The number of halogens is 1. The Morgan fingerprint density at radius 1 is 1.09 bits per heavy atom. The number of hydrogen-bond donors (Lipinski definition) is 2. The fourth-order valence-corrected chi connectivity index (χ4v) is 4.02. The highest BCUT2D eigenvalue weighted by Gasteiger charge is 2.26. The van der Waals surface area contributed by atoms with Crippen molar-refractivity contribution in [2.45, 2.75) is 17.7 Å². The molecule has 0 spiro atoms. The maximum Gasteiger partial charge on any atom is 0.237 e. The number of benzene rings is 2. The molecule has 1 amide bonds. The third-order valence-corrected chi connectivity index (χ3v) is 5.55. The van der Waals surface area contributed by atoms with Crippen LogP contribution in [0.2, 0.25) is 5.02 Å². The van der Waals surface area contributed by atoms with Gasteiger partial charge in [-0.05, 0) is 41.0 Å². The fourth-order valence-electron chi connectivity index (χ4n) is 2.67. The van der Waals surface area contributed by atoms with Crippen molar-refractivity contribution in [1.82, 2.24) is 5.32 Å². The molecule has 1 saturated heterocycles. The summed E-state index contributed by atoms with van der Waals surface area (Å²) in [6, 6.07) is 16.0. The van der Waals surface area contributed by atoms with E-state index in [4.69, 9.17) is 17.3 Å². The average Bonchev–Trinajstić information content (AvgIpc) is 2.77. The van der Waals surface area contributed by atoms with Crippen molar-refractivity contribution in [2.24, 2.45) is 5.73 Å². The van der Waals surface area contributed by atoms with E-state index in [1.807, 2.05) is 36.4 Å². The smallest absolute Gasteiger partial charge is 0.237 e. The van der Waals surface area contributed by atoms with Gasteiger partial charge in [0, 0.05) is 17.6 Å². The van der Waals surface area contributed by atoms with Crippen LogP contribution in [0.15, 0.2) is 48.5 Å². The topological polar surface area (TPSA) is 55.1 Å². The zero-order valence-corrected chi connectivity index (χ0v) is 14.2. The van der Waals surface area contributed by atoms with Gasteiger partial charge in [-0.15, -0.1) is 11.8 Å². The number of nitrogens with two attached hydrogens (primary N) is 1. The van der Waals surface area contributed by atoms with E-state index in [1.54, 1.807) is 11.8 Å². The molecule has 0 aromatic heterocycles. The second-order valence-corrected chi connectivity index (χ2v) is 7.26. The van der Waals surface area contributed by atoms with Gasteiger partial charge in [0.1, 0.15) is 5.25 Å². The lowest BCUT2D eigenvalue weighted by molar-refractivity contribution is -0.121. The summed E-state index contributed by atoms with van der Waals surface area (Å²) in [5, 5.41) is 3.60. The molecule has 0 bridgehead atoms. The molecule has 1 heterocycles. The Morgan fingerprint density at radius 2 is 1.70 bits per heavy atom. The van der Waals surface area contributed by atoms with Crippen molar-refractivity contribution in [3.63, 3.8) is 0 Å². The summed E-state index contributed by atoms with van der Waals surface area (Å²) in [6.07, 6.45) is 0.923. The minimum atomic E-state index is -0.161. The first-order chi connectivity index (χ1) is 11.2. The first-order valence-electron chi connectivity index (χ1n) is 7.65. The minimum absolute atomic E-state index is 0.0576. The third kappa shape index (κ3) is 3.89. The van der Waals surface area contributed by atoms with Gasteiger partial charge in [0.05, 0.1) is 0 Å². The fraction of sp³-hybridized carbons (Fsp3) is 0.278. The predicted molar refractivity (Wildman–Crippen MR) is 97.7 cm³/mol. The molecular formula is C18H19ClN2OS. The summed E-state index contributed by atoms with van der Waals surface area (Å²) < 4.78 is 0. The Balaban J connectivity index is 1.78. The second-order valence-electron chi connectivity index (χ2n) is 5.61. The highest BCUT2D eigenvalue weighted by atomic mass is 35.5. The Bertz CT molecular complexity index is 672. The molecule has 1 fully saturated rings. The molecule has 1 aliphatic heterocycles. The van der Waals surface area contributed by atoms with Crippen LogP contribution in [0.4, 0.5) is 0 Å². The van der Waals surface area contributed by atoms with Gasteiger partial charge in [0.15, 0.2) is 0 Å². The molecule has 1 aliphatic rings. The normalized spacial score (nSPS) is 21.6. The minimum Gasteiger partial charge on any atom is -0.351 e. The van der Waals surface area contributed by atoms with Gasteiger partial charge in [-0.25, -0.2) is 0 Å². The maximum atomic E-state index is 12.4. The van der Waals surface area contributed by atoms with Gasteiger partial charge in [-0.1, -0.05) is 48.0 Å². The van der Waals surface area contributed by atoms with E-state index in [9.17, 15) is 4.79 Å². The largest absolute Gasteiger partial charge is 0.351 e. The number of carbonyl (C=O) groups is 1.